The Morgan fingerprint density at radius 2 is 1.94 bits per heavy atom. The molecule has 2 fully saturated rings. The molecule has 2 saturated heterocycles. The molecule has 0 saturated carbocycles. The first-order chi connectivity index (χ1) is 7.31. The van der Waals surface area contributed by atoms with Gasteiger partial charge in [0.1, 0.15) is 0 Å². The fraction of sp³-hybridized carbons (Fsp3) is 0.800. The van der Waals surface area contributed by atoms with Gasteiger partial charge in [-0.2, -0.15) is 0 Å². The van der Waals surface area contributed by atoms with Gasteiger partial charge in [0.25, 0.3) is 0 Å². The van der Waals surface area contributed by atoms with Crippen LogP contribution in [0.3, 0.4) is 0 Å². The van der Waals surface area contributed by atoms with Crippen molar-refractivity contribution in [3.05, 3.63) is 0 Å². The van der Waals surface area contributed by atoms with E-state index in [1.807, 2.05) is 4.90 Å². The first-order valence-corrected chi connectivity index (χ1v) is 5.53. The maximum atomic E-state index is 12.0. The number of rotatable bonds is 2. The van der Waals surface area contributed by atoms with Crippen molar-refractivity contribution >= 4 is 24.7 Å². The van der Waals surface area contributed by atoms with Gasteiger partial charge in [-0.1, -0.05) is 0 Å². The van der Waals surface area contributed by atoms with Gasteiger partial charge in [-0.05, 0) is 19.4 Å². The van der Waals surface area contributed by atoms with Gasteiger partial charge in [-0.3, -0.25) is 9.59 Å². The van der Waals surface area contributed by atoms with Crippen molar-refractivity contribution in [1.82, 2.24) is 15.1 Å². The van der Waals surface area contributed by atoms with Crippen LogP contribution in [0.25, 0.3) is 0 Å². The lowest BCUT2D eigenvalue weighted by Gasteiger charge is -2.34. The van der Waals surface area contributed by atoms with E-state index in [4.69, 9.17) is 0 Å². The summed E-state index contributed by atoms with van der Waals surface area (Å²) in [7, 11) is 0. The normalized spacial score (nSPS) is 25.1. The number of nitrogens with zero attached hydrogens (tertiary/aromatic N) is 2. The van der Waals surface area contributed by atoms with Crippen molar-refractivity contribution < 1.29 is 9.59 Å². The fourth-order valence-corrected chi connectivity index (χ4v) is 2.16. The number of halogens is 1. The zero-order valence-electron chi connectivity index (χ0n) is 9.22. The SMILES string of the molecule is Cl.O=CN1CCN(C(=O)[C@@H]2CCCN2)CC1. The van der Waals surface area contributed by atoms with Crippen molar-refractivity contribution in [2.24, 2.45) is 0 Å². The molecular formula is C10H18ClN3O2. The molecule has 2 rings (SSSR count). The van der Waals surface area contributed by atoms with E-state index < -0.39 is 0 Å². The highest BCUT2D eigenvalue weighted by atomic mass is 35.5. The van der Waals surface area contributed by atoms with Crippen LogP contribution in [0.15, 0.2) is 0 Å². The lowest BCUT2D eigenvalue weighted by Crippen LogP contribution is -2.52. The Labute approximate surface area is 102 Å². The van der Waals surface area contributed by atoms with Crippen LogP contribution in [0.5, 0.6) is 0 Å². The third-order valence-electron chi connectivity index (χ3n) is 3.13. The minimum atomic E-state index is 0. The highest BCUT2D eigenvalue weighted by Crippen LogP contribution is 2.10. The number of carbonyl (C=O) groups excluding carboxylic acids is 2. The quantitative estimate of drug-likeness (QED) is 0.667. The molecule has 2 aliphatic heterocycles. The maximum Gasteiger partial charge on any atom is 0.239 e. The van der Waals surface area contributed by atoms with Gasteiger partial charge in [0, 0.05) is 26.2 Å². The van der Waals surface area contributed by atoms with E-state index in [2.05, 4.69) is 5.32 Å². The fourth-order valence-electron chi connectivity index (χ4n) is 2.16. The van der Waals surface area contributed by atoms with Crippen LogP contribution in [0.4, 0.5) is 0 Å². The van der Waals surface area contributed by atoms with E-state index in [1.165, 1.54) is 0 Å². The first kappa shape index (κ1) is 13.3. The second kappa shape index (κ2) is 6.06. The predicted molar refractivity (Wildman–Crippen MR) is 62.5 cm³/mol. The van der Waals surface area contributed by atoms with Gasteiger partial charge >= 0.3 is 0 Å². The average molecular weight is 248 g/mol. The third-order valence-corrected chi connectivity index (χ3v) is 3.13. The number of hydrogen-bond donors (Lipinski definition) is 1. The summed E-state index contributed by atoms with van der Waals surface area (Å²) >= 11 is 0. The van der Waals surface area contributed by atoms with E-state index in [0.717, 1.165) is 25.8 Å². The van der Waals surface area contributed by atoms with Crippen LogP contribution in [-0.4, -0.2) is 60.9 Å². The second-order valence-corrected chi connectivity index (χ2v) is 4.12. The molecular weight excluding hydrogens is 230 g/mol. The van der Waals surface area contributed by atoms with Crippen LogP contribution in [0.2, 0.25) is 0 Å². The molecule has 0 aromatic carbocycles. The maximum absolute atomic E-state index is 12.0. The summed E-state index contributed by atoms with van der Waals surface area (Å²) in [6.45, 7) is 3.64. The van der Waals surface area contributed by atoms with Gasteiger partial charge in [-0.25, -0.2) is 0 Å². The molecule has 2 aliphatic rings. The molecule has 0 radical (unpaired) electrons. The number of nitrogens with one attached hydrogen (secondary N) is 1. The molecule has 0 spiro atoms. The topological polar surface area (TPSA) is 52.7 Å². The summed E-state index contributed by atoms with van der Waals surface area (Å²) in [6, 6.07) is 0.0211. The molecule has 16 heavy (non-hydrogen) atoms. The van der Waals surface area contributed by atoms with E-state index in [-0.39, 0.29) is 24.4 Å². The molecule has 0 aromatic heterocycles. The zero-order chi connectivity index (χ0) is 10.7. The molecule has 6 heteroatoms. The molecule has 1 atom stereocenters. The van der Waals surface area contributed by atoms with Crippen LogP contribution < -0.4 is 5.32 Å². The molecule has 1 N–H and O–H groups in total. The Morgan fingerprint density at radius 1 is 1.25 bits per heavy atom. The molecule has 2 heterocycles. The molecule has 92 valence electrons. The molecule has 2 amide bonds. The number of hydrogen-bond acceptors (Lipinski definition) is 3. The van der Waals surface area contributed by atoms with Crippen LogP contribution in [0.1, 0.15) is 12.8 Å². The standard InChI is InChI=1S/C10H17N3O2.ClH/c14-8-12-4-6-13(7-5-12)10(15)9-2-1-3-11-9;/h8-9,11H,1-7H2;1H/t9-;/m0./s1. The highest BCUT2D eigenvalue weighted by Gasteiger charge is 2.28. The zero-order valence-corrected chi connectivity index (χ0v) is 10.0. The van der Waals surface area contributed by atoms with Crippen molar-refractivity contribution in [2.75, 3.05) is 32.7 Å². The van der Waals surface area contributed by atoms with Crippen LogP contribution in [-0.2, 0) is 9.59 Å². The van der Waals surface area contributed by atoms with Gasteiger partial charge in [0.05, 0.1) is 6.04 Å². The van der Waals surface area contributed by atoms with E-state index >= 15 is 0 Å². The lowest BCUT2D eigenvalue weighted by molar-refractivity contribution is -0.136. The van der Waals surface area contributed by atoms with E-state index in [0.29, 0.717) is 26.2 Å². The smallest absolute Gasteiger partial charge is 0.239 e. The Hall–Kier alpha value is -0.810. The molecule has 5 nitrogen and oxygen atoms in total. The molecule has 0 aliphatic carbocycles. The predicted octanol–water partition coefficient (Wildman–Crippen LogP) is -0.539. The Kier molecular flexibility index (Phi) is 5.02. The number of piperazine rings is 1. The Balaban J connectivity index is 0.00000128. The summed E-state index contributed by atoms with van der Waals surface area (Å²) in [6.07, 6.45) is 2.90. The van der Waals surface area contributed by atoms with Crippen molar-refractivity contribution in [2.45, 2.75) is 18.9 Å². The van der Waals surface area contributed by atoms with Crippen molar-refractivity contribution in [1.29, 1.82) is 0 Å². The average Bonchev–Trinajstić information content (AvgIpc) is 2.82. The minimum Gasteiger partial charge on any atom is -0.342 e. The van der Waals surface area contributed by atoms with Gasteiger partial charge in [0.2, 0.25) is 12.3 Å². The van der Waals surface area contributed by atoms with Crippen LogP contribution in [0, 0.1) is 0 Å². The number of amides is 2. The van der Waals surface area contributed by atoms with Crippen molar-refractivity contribution in [3.8, 4) is 0 Å². The summed E-state index contributed by atoms with van der Waals surface area (Å²) < 4.78 is 0. The Morgan fingerprint density at radius 3 is 2.44 bits per heavy atom. The van der Waals surface area contributed by atoms with E-state index in [9.17, 15) is 9.59 Å². The summed E-state index contributed by atoms with van der Waals surface area (Å²) in [4.78, 5) is 26.0. The monoisotopic (exact) mass is 247 g/mol. The van der Waals surface area contributed by atoms with Crippen LogP contribution >= 0.6 is 12.4 Å². The third kappa shape index (κ3) is 2.86. The summed E-state index contributed by atoms with van der Waals surface area (Å²) in [5.41, 5.74) is 0. The second-order valence-electron chi connectivity index (χ2n) is 4.12. The largest absolute Gasteiger partial charge is 0.342 e. The summed E-state index contributed by atoms with van der Waals surface area (Å²) in [5.74, 6) is 0.207. The molecule has 0 bridgehead atoms. The molecule has 0 unspecified atom stereocenters. The number of carbonyl (C=O) groups is 2. The molecule has 0 aromatic rings. The van der Waals surface area contributed by atoms with E-state index in [1.54, 1.807) is 4.90 Å². The Bertz CT molecular complexity index is 248. The summed E-state index contributed by atoms with van der Waals surface area (Å²) in [5, 5.41) is 3.20. The minimum absolute atomic E-state index is 0. The first-order valence-electron chi connectivity index (χ1n) is 5.53. The lowest BCUT2D eigenvalue weighted by atomic mass is 10.2. The van der Waals surface area contributed by atoms with Gasteiger partial charge in [-0.15, -0.1) is 12.4 Å². The van der Waals surface area contributed by atoms with Gasteiger partial charge < -0.3 is 15.1 Å². The van der Waals surface area contributed by atoms with Gasteiger partial charge in [0.15, 0.2) is 0 Å². The highest BCUT2D eigenvalue weighted by molar-refractivity contribution is 5.85. The van der Waals surface area contributed by atoms with Crippen molar-refractivity contribution in [3.63, 3.8) is 0 Å².